The van der Waals surface area contributed by atoms with Crippen LogP contribution in [0.3, 0.4) is 0 Å². The molecule has 1 aromatic carbocycles. The first-order valence-corrected chi connectivity index (χ1v) is 7.97. The summed E-state index contributed by atoms with van der Waals surface area (Å²) in [5.41, 5.74) is 3.24. The first-order chi connectivity index (χ1) is 9.39. The lowest BCUT2D eigenvalue weighted by Crippen LogP contribution is -2.47. The van der Waals surface area contributed by atoms with Crippen molar-refractivity contribution in [2.75, 3.05) is 18.0 Å². The number of hydrogen-bond donors (Lipinski definition) is 1. The number of para-hydroxylation sites is 1. The van der Waals surface area contributed by atoms with Gasteiger partial charge in [-0.1, -0.05) is 45.9 Å². The standard InChI is InChI=1S/C18H30N2/c1-14(2)19-12-18(4,5)13-20-15(3)10-11-16-8-6-7-9-17(16)20/h6-9,14-15,19H,10-13H2,1-5H3. The van der Waals surface area contributed by atoms with E-state index in [1.165, 1.54) is 24.1 Å². The zero-order valence-electron chi connectivity index (χ0n) is 13.7. The van der Waals surface area contributed by atoms with E-state index in [4.69, 9.17) is 0 Å². The molecule has 2 heteroatoms. The van der Waals surface area contributed by atoms with Gasteiger partial charge in [-0.25, -0.2) is 0 Å². The van der Waals surface area contributed by atoms with E-state index in [0.29, 0.717) is 12.1 Å². The van der Waals surface area contributed by atoms with Gasteiger partial charge in [0.1, 0.15) is 0 Å². The van der Waals surface area contributed by atoms with Gasteiger partial charge in [0.25, 0.3) is 0 Å². The summed E-state index contributed by atoms with van der Waals surface area (Å²) < 4.78 is 0. The molecule has 0 saturated carbocycles. The van der Waals surface area contributed by atoms with Crippen molar-refractivity contribution in [1.82, 2.24) is 5.32 Å². The molecule has 0 fully saturated rings. The maximum atomic E-state index is 3.59. The van der Waals surface area contributed by atoms with E-state index in [1.807, 2.05) is 0 Å². The van der Waals surface area contributed by atoms with Gasteiger partial charge in [-0.3, -0.25) is 0 Å². The van der Waals surface area contributed by atoms with Crippen molar-refractivity contribution in [2.45, 2.75) is 59.5 Å². The summed E-state index contributed by atoms with van der Waals surface area (Å²) in [7, 11) is 0. The van der Waals surface area contributed by atoms with Gasteiger partial charge in [-0.15, -0.1) is 0 Å². The molecular weight excluding hydrogens is 244 g/mol. The predicted octanol–water partition coefficient (Wildman–Crippen LogP) is 3.85. The van der Waals surface area contributed by atoms with Crippen LogP contribution >= 0.6 is 0 Å². The Labute approximate surface area is 124 Å². The molecule has 1 heterocycles. The van der Waals surface area contributed by atoms with Gasteiger partial charge in [0.05, 0.1) is 0 Å². The zero-order valence-corrected chi connectivity index (χ0v) is 13.7. The van der Waals surface area contributed by atoms with Gasteiger partial charge in [-0.2, -0.15) is 0 Å². The molecule has 1 N–H and O–H groups in total. The Morgan fingerprint density at radius 2 is 2.00 bits per heavy atom. The fraction of sp³-hybridized carbons (Fsp3) is 0.667. The lowest BCUT2D eigenvalue weighted by atomic mass is 9.88. The molecule has 1 aliphatic rings. The van der Waals surface area contributed by atoms with E-state index in [1.54, 1.807) is 0 Å². The van der Waals surface area contributed by atoms with Gasteiger partial charge in [0.2, 0.25) is 0 Å². The van der Waals surface area contributed by atoms with E-state index in [2.05, 4.69) is 69.1 Å². The molecule has 0 radical (unpaired) electrons. The first kappa shape index (κ1) is 15.4. The second kappa shape index (κ2) is 6.17. The van der Waals surface area contributed by atoms with Gasteiger partial charge in [-0.05, 0) is 36.8 Å². The maximum absolute atomic E-state index is 3.59. The lowest BCUT2D eigenvalue weighted by molar-refractivity contribution is 0.316. The summed E-state index contributed by atoms with van der Waals surface area (Å²) in [6.45, 7) is 13.7. The molecule has 1 aliphatic heterocycles. The minimum atomic E-state index is 0.281. The monoisotopic (exact) mass is 274 g/mol. The molecule has 1 unspecified atom stereocenters. The number of benzene rings is 1. The summed E-state index contributed by atoms with van der Waals surface area (Å²) in [5, 5.41) is 3.59. The van der Waals surface area contributed by atoms with Crippen LogP contribution in [0.25, 0.3) is 0 Å². The van der Waals surface area contributed by atoms with E-state index in [-0.39, 0.29) is 5.41 Å². The van der Waals surface area contributed by atoms with Crippen molar-refractivity contribution in [3.05, 3.63) is 29.8 Å². The van der Waals surface area contributed by atoms with Crippen molar-refractivity contribution in [2.24, 2.45) is 5.41 Å². The highest BCUT2D eigenvalue weighted by atomic mass is 15.2. The van der Waals surface area contributed by atoms with Crippen molar-refractivity contribution < 1.29 is 0 Å². The van der Waals surface area contributed by atoms with Gasteiger partial charge >= 0.3 is 0 Å². The van der Waals surface area contributed by atoms with Crippen LogP contribution in [0.4, 0.5) is 5.69 Å². The number of nitrogens with one attached hydrogen (secondary N) is 1. The lowest BCUT2D eigenvalue weighted by Gasteiger charge is -2.42. The molecule has 0 spiro atoms. The Hall–Kier alpha value is -1.02. The molecule has 0 aromatic heterocycles. The van der Waals surface area contributed by atoms with Crippen molar-refractivity contribution in [3.8, 4) is 0 Å². The van der Waals surface area contributed by atoms with E-state index in [9.17, 15) is 0 Å². The van der Waals surface area contributed by atoms with Crippen LogP contribution < -0.4 is 10.2 Å². The SMILES string of the molecule is CC(C)NCC(C)(C)CN1c2ccccc2CCC1C. The average molecular weight is 274 g/mol. The largest absolute Gasteiger partial charge is 0.368 e. The third kappa shape index (κ3) is 3.76. The normalized spacial score (nSPS) is 19.3. The summed E-state index contributed by atoms with van der Waals surface area (Å²) in [6, 6.07) is 10.1. The summed E-state index contributed by atoms with van der Waals surface area (Å²) >= 11 is 0. The summed E-state index contributed by atoms with van der Waals surface area (Å²) in [4.78, 5) is 2.61. The molecule has 1 atom stereocenters. The van der Waals surface area contributed by atoms with Gasteiger partial charge in [0.15, 0.2) is 0 Å². The summed E-state index contributed by atoms with van der Waals surface area (Å²) in [5.74, 6) is 0. The fourth-order valence-corrected chi connectivity index (χ4v) is 3.00. The molecule has 0 amide bonds. The topological polar surface area (TPSA) is 15.3 Å². The van der Waals surface area contributed by atoms with E-state index >= 15 is 0 Å². The molecule has 112 valence electrons. The quantitative estimate of drug-likeness (QED) is 0.877. The van der Waals surface area contributed by atoms with Crippen molar-refractivity contribution in [1.29, 1.82) is 0 Å². The van der Waals surface area contributed by atoms with Gasteiger partial charge in [0, 0.05) is 30.9 Å². The Morgan fingerprint density at radius 3 is 2.70 bits per heavy atom. The second-order valence-corrected chi connectivity index (χ2v) is 7.34. The van der Waals surface area contributed by atoms with E-state index in [0.717, 1.165) is 13.1 Å². The predicted molar refractivity (Wildman–Crippen MR) is 88.5 cm³/mol. The Balaban J connectivity index is 2.11. The number of hydrogen-bond acceptors (Lipinski definition) is 2. The minimum absolute atomic E-state index is 0.281. The van der Waals surface area contributed by atoms with Crippen LogP contribution in [0.2, 0.25) is 0 Å². The molecule has 0 bridgehead atoms. The molecule has 20 heavy (non-hydrogen) atoms. The highest BCUT2D eigenvalue weighted by molar-refractivity contribution is 5.56. The van der Waals surface area contributed by atoms with Crippen LogP contribution in [-0.2, 0) is 6.42 Å². The molecule has 0 saturated heterocycles. The molecular formula is C18H30N2. The number of aryl methyl sites for hydroxylation is 1. The second-order valence-electron chi connectivity index (χ2n) is 7.34. The van der Waals surface area contributed by atoms with Crippen LogP contribution in [0.15, 0.2) is 24.3 Å². The van der Waals surface area contributed by atoms with Crippen LogP contribution in [0, 0.1) is 5.41 Å². The number of nitrogens with zero attached hydrogens (tertiary/aromatic N) is 1. The fourth-order valence-electron chi connectivity index (χ4n) is 3.00. The first-order valence-electron chi connectivity index (χ1n) is 7.97. The minimum Gasteiger partial charge on any atom is -0.368 e. The molecule has 2 nitrogen and oxygen atoms in total. The average Bonchev–Trinajstić information content (AvgIpc) is 2.40. The third-order valence-corrected chi connectivity index (χ3v) is 4.25. The Morgan fingerprint density at radius 1 is 1.30 bits per heavy atom. The van der Waals surface area contributed by atoms with E-state index < -0.39 is 0 Å². The Kier molecular flexibility index (Phi) is 4.74. The summed E-state index contributed by atoms with van der Waals surface area (Å²) in [6.07, 6.45) is 2.49. The van der Waals surface area contributed by atoms with Crippen LogP contribution in [0.1, 0.15) is 46.6 Å². The highest BCUT2D eigenvalue weighted by Gasteiger charge is 2.28. The van der Waals surface area contributed by atoms with Crippen LogP contribution in [0.5, 0.6) is 0 Å². The molecule has 2 rings (SSSR count). The number of fused-ring (bicyclic) bond motifs is 1. The zero-order chi connectivity index (χ0) is 14.8. The highest BCUT2D eigenvalue weighted by Crippen LogP contribution is 2.33. The van der Waals surface area contributed by atoms with Crippen molar-refractivity contribution >= 4 is 5.69 Å². The Bertz CT molecular complexity index is 437. The van der Waals surface area contributed by atoms with Crippen LogP contribution in [-0.4, -0.2) is 25.2 Å². The molecule has 0 aliphatic carbocycles. The molecule has 1 aromatic rings. The smallest absolute Gasteiger partial charge is 0.0401 e. The number of rotatable bonds is 5. The third-order valence-electron chi connectivity index (χ3n) is 4.25. The maximum Gasteiger partial charge on any atom is 0.0401 e. The number of anilines is 1. The van der Waals surface area contributed by atoms with Crippen molar-refractivity contribution in [3.63, 3.8) is 0 Å². The van der Waals surface area contributed by atoms with Gasteiger partial charge < -0.3 is 10.2 Å².